The molecule has 0 aromatic carbocycles. The number of hydrogen-bond donors (Lipinski definition) is 1. The lowest BCUT2D eigenvalue weighted by Gasteiger charge is -2.27. The minimum atomic E-state index is -0.0113. The van der Waals surface area contributed by atoms with Gasteiger partial charge in [-0.2, -0.15) is 5.10 Å². The van der Waals surface area contributed by atoms with Crippen molar-refractivity contribution in [2.45, 2.75) is 58.2 Å². The molecule has 2 aliphatic heterocycles. The van der Waals surface area contributed by atoms with Crippen molar-refractivity contribution in [3.05, 3.63) is 23.5 Å². The van der Waals surface area contributed by atoms with Gasteiger partial charge in [-0.1, -0.05) is 0 Å². The number of aryl methyl sites for hydroxylation is 1. The van der Waals surface area contributed by atoms with Crippen molar-refractivity contribution in [3.63, 3.8) is 0 Å². The van der Waals surface area contributed by atoms with E-state index in [0.717, 1.165) is 29.6 Å². The molecule has 2 amide bonds. The molecule has 2 bridgehead atoms. The number of nitrogens with zero attached hydrogens (tertiary/aromatic N) is 4. The van der Waals surface area contributed by atoms with Crippen molar-refractivity contribution in [1.82, 2.24) is 25.0 Å². The molecule has 7 heteroatoms. The molecule has 0 spiro atoms. The summed E-state index contributed by atoms with van der Waals surface area (Å²) in [7, 11) is 0. The summed E-state index contributed by atoms with van der Waals surface area (Å²) in [4.78, 5) is 31.7. The number of nitrogens with one attached hydrogen (secondary N) is 1. The molecule has 25 heavy (non-hydrogen) atoms. The summed E-state index contributed by atoms with van der Waals surface area (Å²) in [5.41, 5.74) is 2.19. The molecule has 132 valence electrons. The highest BCUT2D eigenvalue weighted by molar-refractivity contribution is 6.06. The van der Waals surface area contributed by atoms with E-state index in [4.69, 9.17) is 0 Å². The van der Waals surface area contributed by atoms with Crippen LogP contribution in [-0.4, -0.2) is 50.1 Å². The summed E-state index contributed by atoms with van der Waals surface area (Å²) in [5, 5.41) is 8.13. The van der Waals surface area contributed by atoms with E-state index in [1.165, 1.54) is 0 Å². The number of carbonyl (C=O) groups excluding carboxylic acids is 2. The minimum Gasteiger partial charge on any atom is -0.354 e. The van der Waals surface area contributed by atoms with Gasteiger partial charge in [0, 0.05) is 36.8 Å². The third-order valence-electron chi connectivity index (χ3n) is 5.22. The van der Waals surface area contributed by atoms with Crippen molar-refractivity contribution in [2.75, 3.05) is 6.54 Å². The number of aromatic nitrogens is 3. The summed E-state index contributed by atoms with van der Waals surface area (Å²) < 4.78 is 1.85. The second-order valence-corrected chi connectivity index (χ2v) is 7.34. The molecule has 2 atom stereocenters. The van der Waals surface area contributed by atoms with Crippen LogP contribution in [-0.2, 0) is 4.79 Å². The Bertz CT molecular complexity index is 857. The molecule has 2 fully saturated rings. The molecule has 4 rings (SSSR count). The summed E-state index contributed by atoms with van der Waals surface area (Å²) in [6.07, 6.45) is 3.95. The SMILES string of the molecule is Cc1cc(C(=O)N2C3CCC2CC(=O)NC3)c2cnn(C(C)C)c2n1. The van der Waals surface area contributed by atoms with E-state index in [-0.39, 0.29) is 29.9 Å². The summed E-state index contributed by atoms with van der Waals surface area (Å²) >= 11 is 0. The molecule has 4 heterocycles. The molecule has 2 aromatic rings. The highest BCUT2D eigenvalue weighted by Gasteiger charge is 2.41. The lowest BCUT2D eigenvalue weighted by Crippen LogP contribution is -2.42. The molecule has 1 N–H and O–H groups in total. The molecule has 0 saturated carbocycles. The summed E-state index contributed by atoms with van der Waals surface area (Å²) in [6, 6.07) is 2.08. The van der Waals surface area contributed by atoms with Crippen molar-refractivity contribution < 1.29 is 9.59 Å². The third kappa shape index (κ3) is 2.58. The van der Waals surface area contributed by atoms with Crippen molar-refractivity contribution in [3.8, 4) is 0 Å². The highest BCUT2D eigenvalue weighted by Crippen LogP contribution is 2.32. The zero-order valence-electron chi connectivity index (χ0n) is 14.8. The molecule has 2 aliphatic rings. The fourth-order valence-electron chi connectivity index (χ4n) is 4.05. The van der Waals surface area contributed by atoms with E-state index in [1.54, 1.807) is 6.20 Å². The minimum absolute atomic E-state index is 0.0105. The summed E-state index contributed by atoms with van der Waals surface area (Å²) in [5.74, 6) is 0.0245. The van der Waals surface area contributed by atoms with Gasteiger partial charge < -0.3 is 10.2 Å². The number of hydrogen-bond acceptors (Lipinski definition) is 4. The van der Waals surface area contributed by atoms with E-state index in [2.05, 4.69) is 15.4 Å². The average molecular weight is 341 g/mol. The maximum absolute atomic E-state index is 13.4. The Kier molecular flexibility index (Phi) is 3.74. The molecular weight excluding hydrogens is 318 g/mol. The second kappa shape index (κ2) is 5.82. The first-order valence-corrected chi connectivity index (χ1v) is 8.90. The lowest BCUT2D eigenvalue weighted by atomic mass is 10.1. The van der Waals surface area contributed by atoms with E-state index in [1.807, 2.05) is 36.4 Å². The van der Waals surface area contributed by atoms with Crippen LogP contribution in [0.2, 0.25) is 0 Å². The van der Waals surface area contributed by atoms with Gasteiger partial charge in [0.25, 0.3) is 5.91 Å². The number of rotatable bonds is 2. The Balaban J connectivity index is 1.79. The van der Waals surface area contributed by atoms with Gasteiger partial charge in [0.15, 0.2) is 5.65 Å². The van der Waals surface area contributed by atoms with Gasteiger partial charge >= 0.3 is 0 Å². The van der Waals surface area contributed by atoms with E-state index in [9.17, 15) is 9.59 Å². The zero-order chi connectivity index (χ0) is 17.7. The Morgan fingerprint density at radius 2 is 2.08 bits per heavy atom. The largest absolute Gasteiger partial charge is 0.354 e. The van der Waals surface area contributed by atoms with Crippen LogP contribution in [0.1, 0.15) is 55.2 Å². The van der Waals surface area contributed by atoms with Crippen molar-refractivity contribution >= 4 is 22.8 Å². The number of fused-ring (bicyclic) bond motifs is 3. The lowest BCUT2D eigenvalue weighted by molar-refractivity contribution is -0.121. The monoisotopic (exact) mass is 341 g/mol. The zero-order valence-corrected chi connectivity index (χ0v) is 14.8. The molecule has 2 aromatic heterocycles. The van der Waals surface area contributed by atoms with Crippen molar-refractivity contribution in [1.29, 1.82) is 0 Å². The first-order valence-electron chi connectivity index (χ1n) is 8.90. The van der Waals surface area contributed by atoms with Crippen LogP contribution in [0.15, 0.2) is 12.3 Å². The Morgan fingerprint density at radius 1 is 1.32 bits per heavy atom. The fourth-order valence-corrected chi connectivity index (χ4v) is 4.05. The molecule has 2 saturated heterocycles. The van der Waals surface area contributed by atoms with Gasteiger partial charge in [0.2, 0.25) is 5.91 Å². The van der Waals surface area contributed by atoms with Crippen molar-refractivity contribution in [2.24, 2.45) is 0 Å². The maximum atomic E-state index is 13.4. The standard InChI is InChI=1S/C18H23N5O2/c1-10(2)23-17-15(9-20-23)14(6-11(3)21-17)18(25)22-12-4-5-13(22)8-19-16(24)7-12/h6,9-10,12-13H,4-5,7-8H2,1-3H3,(H,19,24). The van der Waals surface area contributed by atoms with Crippen LogP contribution in [0.3, 0.4) is 0 Å². The van der Waals surface area contributed by atoms with Crippen LogP contribution in [0, 0.1) is 6.92 Å². The molecule has 2 unspecified atom stereocenters. The predicted octanol–water partition coefficient (Wildman–Crippen LogP) is 1.81. The fraction of sp³-hybridized carbons (Fsp3) is 0.556. The van der Waals surface area contributed by atoms with E-state index >= 15 is 0 Å². The first kappa shape index (κ1) is 16.1. The van der Waals surface area contributed by atoms with Crippen LogP contribution in [0.5, 0.6) is 0 Å². The number of carbonyl (C=O) groups is 2. The van der Waals surface area contributed by atoms with Gasteiger partial charge in [-0.15, -0.1) is 0 Å². The van der Waals surface area contributed by atoms with Gasteiger partial charge in [-0.25, -0.2) is 9.67 Å². The Morgan fingerprint density at radius 3 is 2.84 bits per heavy atom. The summed E-state index contributed by atoms with van der Waals surface area (Å²) in [6.45, 7) is 6.53. The quantitative estimate of drug-likeness (QED) is 0.903. The van der Waals surface area contributed by atoms with Crippen LogP contribution >= 0.6 is 0 Å². The van der Waals surface area contributed by atoms with E-state index < -0.39 is 0 Å². The second-order valence-electron chi connectivity index (χ2n) is 7.34. The number of amides is 2. The van der Waals surface area contributed by atoms with Crippen LogP contribution < -0.4 is 5.32 Å². The van der Waals surface area contributed by atoms with Gasteiger partial charge in [-0.05, 0) is 39.7 Å². The smallest absolute Gasteiger partial charge is 0.255 e. The normalized spacial score (nSPS) is 23.2. The predicted molar refractivity (Wildman–Crippen MR) is 93.3 cm³/mol. The third-order valence-corrected chi connectivity index (χ3v) is 5.22. The first-order chi connectivity index (χ1) is 12.0. The van der Waals surface area contributed by atoms with E-state index in [0.29, 0.717) is 18.5 Å². The number of pyridine rings is 1. The van der Waals surface area contributed by atoms with Crippen LogP contribution in [0.25, 0.3) is 11.0 Å². The van der Waals surface area contributed by atoms with Gasteiger partial charge in [0.05, 0.1) is 17.1 Å². The average Bonchev–Trinajstić information content (AvgIpc) is 3.10. The Labute approximate surface area is 146 Å². The van der Waals surface area contributed by atoms with Crippen LogP contribution in [0.4, 0.5) is 0 Å². The Hall–Kier alpha value is -2.44. The van der Waals surface area contributed by atoms with Gasteiger partial charge in [0.1, 0.15) is 0 Å². The topological polar surface area (TPSA) is 80.1 Å². The molecule has 0 aliphatic carbocycles. The highest BCUT2D eigenvalue weighted by atomic mass is 16.2. The molecule has 7 nitrogen and oxygen atoms in total. The maximum Gasteiger partial charge on any atom is 0.255 e. The molecule has 0 radical (unpaired) electrons. The molecular formula is C18H23N5O2. The van der Waals surface area contributed by atoms with Gasteiger partial charge in [-0.3, -0.25) is 9.59 Å².